The van der Waals surface area contributed by atoms with Gasteiger partial charge in [-0.15, -0.1) is 10.2 Å². The van der Waals surface area contributed by atoms with Gasteiger partial charge < -0.3 is 15.2 Å². The average molecular weight is 416 g/mol. The Bertz CT molecular complexity index is 880. The van der Waals surface area contributed by atoms with Gasteiger partial charge in [-0.3, -0.25) is 9.59 Å². The van der Waals surface area contributed by atoms with Crippen molar-refractivity contribution in [2.75, 3.05) is 11.4 Å². The smallest absolute Gasteiger partial charge is 0.240 e. The van der Waals surface area contributed by atoms with Gasteiger partial charge in [0.1, 0.15) is 5.82 Å². The lowest BCUT2D eigenvalue weighted by atomic mass is 10.0. The Morgan fingerprint density at radius 1 is 1.21 bits per heavy atom. The van der Waals surface area contributed by atoms with Crippen molar-refractivity contribution in [3.63, 3.8) is 0 Å². The molecule has 0 fully saturated rings. The van der Waals surface area contributed by atoms with Crippen LogP contribution in [0.1, 0.15) is 45.0 Å². The number of para-hydroxylation sites is 1. The summed E-state index contributed by atoms with van der Waals surface area (Å²) < 4.78 is 2.02. The fourth-order valence-corrected chi connectivity index (χ4v) is 4.50. The molecule has 2 aromatic rings. The number of hydrogen-bond acceptors (Lipinski definition) is 5. The third-order valence-corrected chi connectivity index (χ3v) is 6.01. The van der Waals surface area contributed by atoms with Gasteiger partial charge in [-0.25, -0.2) is 0 Å². The van der Waals surface area contributed by atoms with Gasteiger partial charge in [-0.05, 0) is 37.3 Å². The van der Waals surface area contributed by atoms with Crippen LogP contribution in [0.5, 0.6) is 0 Å². The van der Waals surface area contributed by atoms with Gasteiger partial charge in [-0.1, -0.05) is 43.8 Å². The molecule has 2 amide bonds. The average Bonchev–Trinajstić information content (AvgIpc) is 3.06. The molecular weight excluding hydrogens is 386 g/mol. The molecule has 0 saturated heterocycles. The topological polar surface area (TPSA) is 94.1 Å². The van der Waals surface area contributed by atoms with Crippen molar-refractivity contribution in [3.05, 3.63) is 35.7 Å². The number of carbonyl (C=O) groups is 2. The molecule has 1 unspecified atom stereocenters. The second-order valence-electron chi connectivity index (χ2n) is 7.85. The van der Waals surface area contributed by atoms with E-state index in [0.717, 1.165) is 37.4 Å². The number of hydrogen-bond donors (Lipinski definition) is 1. The monoisotopic (exact) mass is 415 g/mol. The van der Waals surface area contributed by atoms with E-state index in [1.807, 2.05) is 34.6 Å². The Labute approximate surface area is 176 Å². The molecule has 1 atom stereocenters. The first-order valence-electron chi connectivity index (χ1n) is 10.1. The quantitative estimate of drug-likeness (QED) is 0.669. The molecule has 1 aromatic heterocycles. The Hall–Kier alpha value is -2.35. The summed E-state index contributed by atoms with van der Waals surface area (Å²) in [6.07, 6.45) is 2.67. The molecule has 0 bridgehead atoms. The van der Waals surface area contributed by atoms with Crippen LogP contribution in [0.15, 0.2) is 29.4 Å². The van der Waals surface area contributed by atoms with E-state index in [2.05, 4.69) is 30.1 Å². The largest absolute Gasteiger partial charge is 0.370 e. The zero-order chi connectivity index (χ0) is 21.0. The van der Waals surface area contributed by atoms with Crippen LogP contribution in [0.4, 0.5) is 5.69 Å². The van der Waals surface area contributed by atoms with Crippen LogP contribution in [-0.4, -0.2) is 38.4 Å². The summed E-state index contributed by atoms with van der Waals surface area (Å²) >= 11 is 1.43. The first-order chi connectivity index (χ1) is 13.9. The summed E-state index contributed by atoms with van der Waals surface area (Å²) in [5, 5.41) is 8.99. The maximum absolute atomic E-state index is 13.2. The standard InChI is InChI=1S/C21H29N5O2S/c1-14(2)13-26-19(11-10-18(22)27)23-24-21(26)29-15(3)20(28)25-12-6-8-16-7-4-5-9-17(16)25/h4-5,7,9,14-15H,6,8,10-13H2,1-3H3,(H2,22,27). The summed E-state index contributed by atoms with van der Waals surface area (Å²) in [6.45, 7) is 7.62. The van der Waals surface area contributed by atoms with E-state index < -0.39 is 0 Å². The molecule has 0 saturated carbocycles. The number of nitrogens with zero attached hydrogens (tertiary/aromatic N) is 4. The number of amides is 2. The third-order valence-electron chi connectivity index (χ3n) is 4.94. The molecule has 2 heterocycles. The van der Waals surface area contributed by atoms with Crippen molar-refractivity contribution in [3.8, 4) is 0 Å². The molecular formula is C21H29N5O2S. The number of primary amides is 1. The van der Waals surface area contributed by atoms with Gasteiger partial charge in [0.25, 0.3) is 0 Å². The second kappa shape index (κ2) is 9.43. The molecule has 1 aromatic carbocycles. The fourth-order valence-electron chi connectivity index (χ4n) is 3.57. The minimum atomic E-state index is -0.356. The van der Waals surface area contributed by atoms with E-state index in [4.69, 9.17) is 5.73 Å². The first kappa shape index (κ1) is 21.4. The lowest BCUT2D eigenvalue weighted by molar-refractivity contribution is -0.118. The van der Waals surface area contributed by atoms with E-state index in [1.54, 1.807) is 0 Å². The van der Waals surface area contributed by atoms with E-state index in [1.165, 1.54) is 17.3 Å². The van der Waals surface area contributed by atoms with Gasteiger partial charge >= 0.3 is 0 Å². The van der Waals surface area contributed by atoms with E-state index in [0.29, 0.717) is 17.5 Å². The molecule has 8 heteroatoms. The lowest BCUT2D eigenvalue weighted by Gasteiger charge is -2.31. The minimum Gasteiger partial charge on any atom is -0.370 e. The molecule has 1 aliphatic heterocycles. The molecule has 156 valence electrons. The Balaban J connectivity index is 1.77. The van der Waals surface area contributed by atoms with Crippen molar-refractivity contribution in [2.45, 2.75) is 63.4 Å². The fraction of sp³-hybridized carbons (Fsp3) is 0.524. The highest BCUT2D eigenvalue weighted by Crippen LogP contribution is 2.31. The maximum atomic E-state index is 13.2. The lowest BCUT2D eigenvalue weighted by Crippen LogP contribution is -2.40. The van der Waals surface area contributed by atoms with Crippen molar-refractivity contribution >= 4 is 29.3 Å². The molecule has 7 nitrogen and oxygen atoms in total. The van der Waals surface area contributed by atoms with E-state index in [-0.39, 0.29) is 23.5 Å². The number of nitrogens with two attached hydrogens (primary N) is 1. The first-order valence-corrected chi connectivity index (χ1v) is 11.0. The normalized spacial score (nSPS) is 14.7. The number of anilines is 1. The Morgan fingerprint density at radius 3 is 2.69 bits per heavy atom. The van der Waals surface area contributed by atoms with Crippen LogP contribution < -0.4 is 10.6 Å². The predicted octanol–water partition coefficient (Wildman–Crippen LogP) is 2.81. The number of benzene rings is 1. The molecule has 2 N–H and O–H groups in total. The van der Waals surface area contributed by atoms with Crippen LogP contribution in [0.25, 0.3) is 0 Å². The van der Waals surface area contributed by atoms with E-state index in [9.17, 15) is 9.59 Å². The summed E-state index contributed by atoms with van der Waals surface area (Å²) in [6, 6.07) is 8.11. The van der Waals surface area contributed by atoms with Crippen LogP contribution >= 0.6 is 11.8 Å². The number of thioether (sulfide) groups is 1. The zero-order valence-corrected chi connectivity index (χ0v) is 18.1. The van der Waals surface area contributed by atoms with Gasteiger partial charge in [0.15, 0.2) is 5.16 Å². The Kier molecular flexibility index (Phi) is 6.95. The summed E-state index contributed by atoms with van der Waals surface area (Å²) in [4.78, 5) is 26.3. The van der Waals surface area contributed by atoms with Crippen molar-refractivity contribution in [1.29, 1.82) is 0 Å². The van der Waals surface area contributed by atoms with Crippen molar-refractivity contribution < 1.29 is 9.59 Å². The highest BCUT2D eigenvalue weighted by atomic mass is 32.2. The van der Waals surface area contributed by atoms with Crippen LogP contribution in [0, 0.1) is 5.92 Å². The van der Waals surface area contributed by atoms with Crippen LogP contribution in [0.3, 0.4) is 0 Å². The second-order valence-corrected chi connectivity index (χ2v) is 9.16. The van der Waals surface area contributed by atoms with Gasteiger partial charge in [-0.2, -0.15) is 0 Å². The van der Waals surface area contributed by atoms with E-state index >= 15 is 0 Å². The third kappa shape index (κ3) is 5.18. The van der Waals surface area contributed by atoms with Gasteiger partial charge in [0, 0.05) is 31.6 Å². The summed E-state index contributed by atoms with van der Waals surface area (Å²) in [5.74, 6) is 0.853. The number of fused-ring (bicyclic) bond motifs is 1. The molecule has 1 aliphatic rings. The number of aryl methyl sites for hydroxylation is 2. The molecule has 0 aliphatic carbocycles. The highest BCUT2D eigenvalue weighted by molar-refractivity contribution is 8.00. The SMILES string of the molecule is CC(C)Cn1c(CCC(N)=O)nnc1SC(C)C(=O)N1CCCc2ccccc21. The summed E-state index contributed by atoms with van der Waals surface area (Å²) in [7, 11) is 0. The van der Waals surface area contributed by atoms with Gasteiger partial charge in [0.05, 0.1) is 5.25 Å². The van der Waals surface area contributed by atoms with Crippen LogP contribution in [-0.2, 0) is 29.0 Å². The summed E-state index contributed by atoms with van der Waals surface area (Å²) in [5.41, 5.74) is 7.53. The van der Waals surface area contributed by atoms with Gasteiger partial charge in [0.2, 0.25) is 11.8 Å². The Morgan fingerprint density at radius 2 is 1.97 bits per heavy atom. The number of carbonyl (C=O) groups excluding carboxylic acids is 2. The number of rotatable bonds is 8. The number of aromatic nitrogens is 3. The van der Waals surface area contributed by atoms with Crippen molar-refractivity contribution in [2.24, 2.45) is 11.7 Å². The molecule has 0 spiro atoms. The molecule has 3 rings (SSSR count). The minimum absolute atomic E-state index is 0.0833. The maximum Gasteiger partial charge on any atom is 0.240 e. The van der Waals surface area contributed by atoms with Crippen LogP contribution in [0.2, 0.25) is 0 Å². The molecule has 0 radical (unpaired) electrons. The molecule has 29 heavy (non-hydrogen) atoms. The zero-order valence-electron chi connectivity index (χ0n) is 17.3. The van der Waals surface area contributed by atoms with Crippen molar-refractivity contribution in [1.82, 2.24) is 14.8 Å². The highest BCUT2D eigenvalue weighted by Gasteiger charge is 2.28. The predicted molar refractivity (Wildman–Crippen MR) is 115 cm³/mol.